The molecule has 1 aromatic carbocycles. The summed E-state index contributed by atoms with van der Waals surface area (Å²) in [4.78, 5) is 23.0. The molecular formula is C16H18F2N2O4. The molecule has 3 aliphatic rings. The summed E-state index contributed by atoms with van der Waals surface area (Å²) in [5, 5.41) is 5.81. The topological polar surface area (TPSA) is 76.7 Å². The Morgan fingerprint density at radius 2 is 1.79 bits per heavy atom. The average Bonchev–Trinajstić information content (AvgIpc) is 2.41. The van der Waals surface area contributed by atoms with Gasteiger partial charge in [-0.25, -0.2) is 0 Å². The molecule has 0 aromatic heterocycles. The molecule has 2 amide bonds. The minimum absolute atomic E-state index is 0.0282. The van der Waals surface area contributed by atoms with E-state index in [2.05, 4.69) is 15.4 Å². The first kappa shape index (κ1) is 16.5. The number of carbonyl (C=O) groups excluding carboxylic acids is 2. The molecular weight excluding hydrogens is 322 g/mol. The molecule has 6 nitrogen and oxygen atoms in total. The second-order valence-electron chi connectivity index (χ2n) is 6.46. The summed E-state index contributed by atoms with van der Waals surface area (Å²) in [6.07, 6.45) is 2.18. The van der Waals surface area contributed by atoms with Crippen LogP contribution in [0, 0.1) is 0 Å². The van der Waals surface area contributed by atoms with Gasteiger partial charge in [0.2, 0.25) is 5.91 Å². The number of halogens is 2. The lowest BCUT2D eigenvalue weighted by atomic mass is 9.44. The number of nitrogens with one attached hydrogen (secondary N) is 2. The third-order valence-electron chi connectivity index (χ3n) is 4.28. The van der Waals surface area contributed by atoms with Crippen molar-refractivity contribution in [3.05, 3.63) is 24.3 Å². The summed E-state index contributed by atoms with van der Waals surface area (Å²) in [5.41, 5.74) is -0.398. The van der Waals surface area contributed by atoms with Crippen molar-refractivity contribution in [2.24, 2.45) is 0 Å². The van der Waals surface area contributed by atoms with Gasteiger partial charge in [-0.1, -0.05) is 6.07 Å². The number of hydrogen-bond acceptors (Lipinski definition) is 4. The lowest BCUT2D eigenvalue weighted by molar-refractivity contribution is -0.149. The summed E-state index contributed by atoms with van der Waals surface area (Å²) < 4.78 is 33.9. The number of hydrogen-bond donors (Lipinski definition) is 2. The van der Waals surface area contributed by atoms with Gasteiger partial charge in [0.05, 0.1) is 0 Å². The van der Waals surface area contributed by atoms with Crippen molar-refractivity contribution in [1.82, 2.24) is 10.6 Å². The van der Waals surface area contributed by atoms with Gasteiger partial charge < -0.3 is 20.1 Å². The van der Waals surface area contributed by atoms with Crippen LogP contribution in [0.3, 0.4) is 0 Å². The molecule has 24 heavy (non-hydrogen) atoms. The summed E-state index contributed by atoms with van der Waals surface area (Å²) in [5.74, 6) is -0.106. The lowest BCUT2D eigenvalue weighted by Crippen LogP contribution is -2.83. The molecule has 0 aliphatic heterocycles. The third-order valence-corrected chi connectivity index (χ3v) is 4.28. The van der Waals surface area contributed by atoms with E-state index in [4.69, 9.17) is 4.74 Å². The van der Waals surface area contributed by atoms with Gasteiger partial charge in [0.15, 0.2) is 6.61 Å². The smallest absolute Gasteiger partial charge is 0.387 e. The second kappa shape index (κ2) is 5.92. The number of carbonyl (C=O) groups is 2. The number of ether oxygens (including phenoxy) is 2. The zero-order chi connectivity index (χ0) is 17.4. The van der Waals surface area contributed by atoms with E-state index >= 15 is 0 Å². The van der Waals surface area contributed by atoms with Crippen molar-refractivity contribution in [2.75, 3.05) is 6.61 Å². The van der Waals surface area contributed by atoms with Crippen LogP contribution in [0.4, 0.5) is 8.78 Å². The largest absolute Gasteiger partial charge is 0.484 e. The highest BCUT2D eigenvalue weighted by atomic mass is 19.3. The fourth-order valence-corrected chi connectivity index (χ4v) is 3.65. The van der Waals surface area contributed by atoms with Gasteiger partial charge in [-0.3, -0.25) is 9.59 Å². The van der Waals surface area contributed by atoms with Crippen LogP contribution < -0.4 is 20.1 Å². The van der Waals surface area contributed by atoms with Crippen molar-refractivity contribution < 1.29 is 27.8 Å². The molecule has 3 aliphatic carbocycles. The Morgan fingerprint density at radius 1 is 1.17 bits per heavy atom. The molecule has 0 atom stereocenters. The van der Waals surface area contributed by atoms with Crippen molar-refractivity contribution in [2.45, 2.75) is 43.9 Å². The molecule has 0 spiro atoms. The van der Waals surface area contributed by atoms with Gasteiger partial charge in [-0.15, -0.1) is 0 Å². The van der Waals surface area contributed by atoms with Gasteiger partial charge in [-0.2, -0.15) is 8.78 Å². The maximum Gasteiger partial charge on any atom is 0.387 e. The molecule has 0 unspecified atom stereocenters. The van der Waals surface area contributed by atoms with Gasteiger partial charge >= 0.3 is 6.61 Å². The molecule has 0 heterocycles. The maximum absolute atomic E-state index is 12.2. The van der Waals surface area contributed by atoms with Gasteiger partial charge in [0.25, 0.3) is 5.91 Å². The highest BCUT2D eigenvalue weighted by Gasteiger charge is 2.69. The minimum Gasteiger partial charge on any atom is -0.484 e. The Hall–Kier alpha value is -2.38. The Bertz CT molecular complexity index is 645. The standard InChI is InChI=1S/C16H18F2N2O4/c1-10(21)19-15-7-16(8-15,9-15)20-13(22)6-23-11-3-2-4-12(5-11)24-14(17)18/h2-5,14H,6-9H2,1H3,(H,19,21)(H,20,22). The number of benzene rings is 1. The fourth-order valence-electron chi connectivity index (χ4n) is 3.65. The summed E-state index contributed by atoms with van der Waals surface area (Å²) >= 11 is 0. The molecule has 3 saturated carbocycles. The Labute approximate surface area is 137 Å². The zero-order valence-electron chi connectivity index (χ0n) is 13.1. The Kier molecular flexibility index (Phi) is 4.06. The van der Waals surface area contributed by atoms with E-state index in [0.717, 1.165) is 19.3 Å². The van der Waals surface area contributed by atoms with Crippen LogP contribution in [0.15, 0.2) is 24.3 Å². The van der Waals surface area contributed by atoms with Crippen molar-refractivity contribution in [3.8, 4) is 11.5 Å². The van der Waals surface area contributed by atoms with E-state index in [9.17, 15) is 18.4 Å². The van der Waals surface area contributed by atoms with Gasteiger partial charge in [0.1, 0.15) is 11.5 Å². The lowest BCUT2D eigenvalue weighted by Gasteiger charge is -2.70. The van der Waals surface area contributed by atoms with Crippen LogP contribution in [0.2, 0.25) is 0 Å². The van der Waals surface area contributed by atoms with Crippen molar-refractivity contribution in [1.29, 1.82) is 0 Å². The van der Waals surface area contributed by atoms with E-state index in [-0.39, 0.29) is 41.0 Å². The molecule has 4 rings (SSSR count). The average molecular weight is 340 g/mol. The van der Waals surface area contributed by atoms with Gasteiger partial charge in [-0.05, 0) is 31.4 Å². The SMILES string of the molecule is CC(=O)NC12CC(NC(=O)COc3cccc(OC(F)F)c3)(C1)C2. The Morgan fingerprint density at radius 3 is 2.42 bits per heavy atom. The molecule has 0 radical (unpaired) electrons. The number of amides is 2. The van der Waals surface area contributed by atoms with Crippen LogP contribution in [-0.4, -0.2) is 36.1 Å². The summed E-state index contributed by atoms with van der Waals surface area (Å²) in [6.45, 7) is -1.65. The highest BCUT2D eigenvalue weighted by molar-refractivity contribution is 5.80. The molecule has 2 N–H and O–H groups in total. The summed E-state index contributed by atoms with van der Waals surface area (Å²) in [7, 11) is 0. The van der Waals surface area contributed by atoms with Crippen molar-refractivity contribution >= 4 is 11.8 Å². The second-order valence-corrected chi connectivity index (χ2v) is 6.46. The molecule has 1 aromatic rings. The predicted octanol–water partition coefficient (Wildman–Crippen LogP) is 1.59. The first-order chi connectivity index (χ1) is 11.3. The third kappa shape index (κ3) is 3.42. The van der Waals surface area contributed by atoms with Crippen LogP contribution in [0.5, 0.6) is 11.5 Å². The van der Waals surface area contributed by atoms with Crippen molar-refractivity contribution in [3.63, 3.8) is 0 Å². The first-order valence-corrected chi connectivity index (χ1v) is 7.57. The number of rotatable bonds is 7. The molecule has 8 heteroatoms. The van der Waals surface area contributed by atoms with E-state index in [1.54, 1.807) is 6.07 Å². The predicted molar refractivity (Wildman–Crippen MR) is 79.8 cm³/mol. The maximum atomic E-state index is 12.2. The van der Waals surface area contributed by atoms with Crippen LogP contribution >= 0.6 is 0 Å². The normalized spacial score (nSPS) is 26.8. The van der Waals surface area contributed by atoms with E-state index in [0.29, 0.717) is 0 Å². The van der Waals surface area contributed by atoms with Gasteiger partial charge in [0, 0.05) is 24.1 Å². The van der Waals surface area contributed by atoms with E-state index in [1.807, 2.05) is 0 Å². The molecule has 2 bridgehead atoms. The zero-order valence-corrected chi connectivity index (χ0v) is 13.1. The van der Waals surface area contributed by atoms with Crippen LogP contribution in [-0.2, 0) is 9.59 Å². The van der Waals surface area contributed by atoms with E-state index < -0.39 is 6.61 Å². The summed E-state index contributed by atoms with van der Waals surface area (Å²) in [6, 6.07) is 5.73. The fraction of sp³-hybridized carbons (Fsp3) is 0.500. The minimum atomic E-state index is -2.91. The Balaban J connectivity index is 1.44. The quantitative estimate of drug-likeness (QED) is 0.790. The monoisotopic (exact) mass is 340 g/mol. The first-order valence-electron chi connectivity index (χ1n) is 7.57. The molecule has 0 saturated heterocycles. The van der Waals surface area contributed by atoms with Crippen LogP contribution in [0.25, 0.3) is 0 Å². The molecule has 3 fully saturated rings. The van der Waals surface area contributed by atoms with E-state index in [1.165, 1.54) is 25.1 Å². The van der Waals surface area contributed by atoms with Crippen LogP contribution in [0.1, 0.15) is 26.2 Å². The highest BCUT2D eigenvalue weighted by Crippen LogP contribution is 2.60. The number of alkyl halides is 2. The molecule has 130 valence electrons.